The normalized spacial score (nSPS) is 10.4. The van der Waals surface area contributed by atoms with Crippen LogP contribution in [0.4, 0.5) is 0 Å². The Bertz CT molecular complexity index is 717. The van der Waals surface area contributed by atoms with E-state index in [2.05, 4.69) is 31.9 Å². The first-order valence-electron chi connectivity index (χ1n) is 7.46. The maximum Gasteiger partial charge on any atom is 0.254 e. The van der Waals surface area contributed by atoms with Crippen LogP contribution >= 0.6 is 31.9 Å². The standard InChI is InChI=1S/C18H19Br2NO3/c1-4-24-17-15(20)9-13(10-16(17)23-3)18(22)21(2)11-12-5-7-14(19)8-6-12/h5-10H,4,11H2,1-3H3. The molecular weight excluding hydrogens is 438 g/mol. The Morgan fingerprint density at radius 2 is 1.83 bits per heavy atom. The predicted octanol–water partition coefficient (Wildman–Crippen LogP) is 4.89. The molecule has 0 aromatic heterocycles. The zero-order valence-electron chi connectivity index (χ0n) is 13.8. The highest BCUT2D eigenvalue weighted by Crippen LogP contribution is 2.37. The van der Waals surface area contributed by atoms with Crippen LogP contribution in [0.1, 0.15) is 22.8 Å². The molecule has 128 valence electrons. The van der Waals surface area contributed by atoms with Crippen LogP contribution in [0.5, 0.6) is 11.5 Å². The van der Waals surface area contributed by atoms with Gasteiger partial charge in [0.15, 0.2) is 11.5 Å². The molecule has 0 bridgehead atoms. The fourth-order valence-electron chi connectivity index (χ4n) is 2.28. The van der Waals surface area contributed by atoms with Crippen LogP contribution in [-0.4, -0.2) is 31.6 Å². The molecule has 0 atom stereocenters. The van der Waals surface area contributed by atoms with Crippen molar-refractivity contribution in [3.63, 3.8) is 0 Å². The SMILES string of the molecule is CCOc1c(Br)cc(C(=O)N(C)Cc2ccc(Br)cc2)cc1OC. The number of carbonyl (C=O) groups is 1. The number of methoxy groups -OCH3 is 1. The fourth-order valence-corrected chi connectivity index (χ4v) is 3.10. The molecule has 2 aromatic carbocycles. The van der Waals surface area contributed by atoms with Crippen LogP contribution in [0, 0.1) is 0 Å². The lowest BCUT2D eigenvalue weighted by molar-refractivity contribution is 0.0784. The Hall–Kier alpha value is -1.53. The van der Waals surface area contributed by atoms with E-state index in [0.717, 1.165) is 10.0 Å². The van der Waals surface area contributed by atoms with Gasteiger partial charge in [0, 0.05) is 23.6 Å². The van der Waals surface area contributed by atoms with Gasteiger partial charge in [0.25, 0.3) is 5.91 Å². The summed E-state index contributed by atoms with van der Waals surface area (Å²) in [6.07, 6.45) is 0. The molecule has 0 heterocycles. The first-order chi connectivity index (χ1) is 11.5. The van der Waals surface area contributed by atoms with Gasteiger partial charge in [-0.25, -0.2) is 0 Å². The number of rotatable bonds is 6. The number of halogens is 2. The molecule has 24 heavy (non-hydrogen) atoms. The minimum atomic E-state index is -0.0834. The number of carbonyl (C=O) groups excluding carboxylic acids is 1. The van der Waals surface area contributed by atoms with Crippen LogP contribution in [0.15, 0.2) is 45.3 Å². The van der Waals surface area contributed by atoms with Crippen LogP contribution < -0.4 is 9.47 Å². The minimum absolute atomic E-state index is 0.0834. The quantitative estimate of drug-likeness (QED) is 0.621. The topological polar surface area (TPSA) is 38.8 Å². The van der Waals surface area contributed by atoms with Crippen molar-refractivity contribution in [3.05, 3.63) is 56.5 Å². The molecule has 0 radical (unpaired) electrons. The summed E-state index contributed by atoms with van der Waals surface area (Å²) in [6, 6.07) is 11.4. The Morgan fingerprint density at radius 1 is 1.17 bits per heavy atom. The van der Waals surface area contributed by atoms with E-state index in [-0.39, 0.29) is 5.91 Å². The van der Waals surface area contributed by atoms with E-state index in [1.54, 1.807) is 31.2 Å². The van der Waals surface area contributed by atoms with Gasteiger partial charge < -0.3 is 14.4 Å². The van der Waals surface area contributed by atoms with Gasteiger partial charge in [-0.3, -0.25) is 4.79 Å². The first kappa shape index (κ1) is 18.8. The largest absolute Gasteiger partial charge is 0.493 e. The summed E-state index contributed by atoms with van der Waals surface area (Å²) < 4.78 is 12.6. The molecule has 2 aromatic rings. The third kappa shape index (κ3) is 4.51. The summed E-state index contributed by atoms with van der Waals surface area (Å²) in [6.45, 7) is 2.95. The Labute approximate surface area is 159 Å². The third-order valence-electron chi connectivity index (χ3n) is 3.44. The summed E-state index contributed by atoms with van der Waals surface area (Å²) in [5.41, 5.74) is 1.60. The summed E-state index contributed by atoms with van der Waals surface area (Å²) in [5, 5.41) is 0. The second-order valence-corrected chi connectivity index (χ2v) is 6.98. The second kappa shape index (κ2) is 8.53. The van der Waals surface area contributed by atoms with E-state index in [4.69, 9.17) is 9.47 Å². The molecule has 0 aliphatic rings. The molecule has 2 rings (SSSR count). The van der Waals surface area contributed by atoms with Crippen molar-refractivity contribution in [2.75, 3.05) is 20.8 Å². The van der Waals surface area contributed by atoms with Crippen molar-refractivity contribution in [3.8, 4) is 11.5 Å². The number of hydrogen-bond acceptors (Lipinski definition) is 3. The Kier molecular flexibility index (Phi) is 6.69. The van der Waals surface area contributed by atoms with E-state index in [9.17, 15) is 4.79 Å². The van der Waals surface area contributed by atoms with Gasteiger partial charge in [-0.05, 0) is 52.7 Å². The maximum atomic E-state index is 12.7. The smallest absolute Gasteiger partial charge is 0.254 e. The van der Waals surface area contributed by atoms with E-state index < -0.39 is 0 Å². The first-order valence-corrected chi connectivity index (χ1v) is 9.05. The Balaban J connectivity index is 2.22. The molecule has 0 aliphatic carbocycles. The highest BCUT2D eigenvalue weighted by Gasteiger charge is 2.18. The lowest BCUT2D eigenvalue weighted by Gasteiger charge is -2.19. The third-order valence-corrected chi connectivity index (χ3v) is 4.56. The van der Waals surface area contributed by atoms with Crippen molar-refractivity contribution in [2.45, 2.75) is 13.5 Å². The molecule has 0 N–H and O–H groups in total. The van der Waals surface area contributed by atoms with Crippen LogP contribution in [0.25, 0.3) is 0 Å². The second-order valence-electron chi connectivity index (χ2n) is 5.21. The number of nitrogens with zero attached hydrogens (tertiary/aromatic N) is 1. The molecular formula is C18H19Br2NO3. The number of hydrogen-bond donors (Lipinski definition) is 0. The van der Waals surface area contributed by atoms with Gasteiger partial charge in [0.2, 0.25) is 0 Å². The average Bonchev–Trinajstić information content (AvgIpc) is 2.57. The molecule has 0 spiro atoms. The average molecular weight is 457 g/mol. The molecule has 0 fully saturated rings. The van der Waals surface area contributed by atoms with Crippen molar-refractivity contribution in [1.29, 1.82) is 0 Å². The molecule has 4 nitrogen and oxygen atoms in total. The van der Waals surface area contributed by atoms with Crippen molar-refractivity contribution >= 4 is 37.8 Å². The molecule has 0 aliphatic heterocycles. The predicted molar refractivity (Wildman–Crippen MR) is 102 cm³/mol. The van der Waals surface area contributed by atoms with Gasteiger partial charge >= 0.3 is 0 Å². The summed E-state index contributed by atoms with van der Waals surface area (Å²) >= 11 is 6.86. The molecule has 0 saturated heterocycles. The van der Waals surface area contributed by atoms with Crippen LogP contribution in [-0.2, 0) is 6.54 Å². The monoisotopic (exact) mass is 455 g/mol. The summed E-state index contributed by atoms with van der Waals surface area (Å²) in [5.74, 6) is 1.05. The lowest BCUT2D eigenvalue weighted by atomic mass is 10.1. The summed E-state index contributed by atoms with van der Waals surface area (Å²) in [7, 11) is 3.34. The number of ether oxygens (including phenoxy) is 2. The molecule has 1 amide bonds. The minimum Gasteiger partial charge on any atom is -0.493 e. The van der Waals surface area contributed by atoms with Gasteiger partial charge in [-0.1, -0.05) is 28.1 Å². The van der Waals surface area contributed by atoms with E-state index >= 15 is 0 Å². The highest BCUT2D eigenvalue weighted by molar-refractivity contribution is 9.10. The number of amides is 1. The van der Waals surface area contributed by atoms with E-state index in [1.807, 2.05) is 31.2 Å². The molecule has 6 heteroatoms. The van der Waals surface area contributed by atoms with Crippen molar-refractivity contribution in [1.82, 2.24) is 4.90 Å². The van der Waals surface area contributed by atoms with E-state index in [1.165, 1.54) is 0 Å². The van der Waals surface area contributed by atoms with Crippen LogP contribution in [0.3, 0.4) is 0 Å². The highest BCUT2D eigenvalue weighted by atomic mass is 79.9. The van der Waals surface area contributed by atoms with Crippen molar-refractivity contribution < 1.29 is 14.3 Å². The Morgan fingerprint density at radius 3 is 2.42 bits per heavy atom. The van der Waals surface area contributed by atoms with Crippen LogP contribution in [0.2, 0.25) is 0 Å². The zero-order chi connectivity index (χ0) is 17.7. The van der Waals surface area contributed by atoms with Gasteiger partial charge in [-0.2, -0.15) is 0 Å². The summed E-state index contributed by atoms with van der Waals surface area (Å²) in [4.78, 5) is 14.4. The van der Waals surface area contributed by atoms with Gasteiger partial charge in [0.1, 0.15) is 0 Å². The van der Waals surface area contributed by atoms with Gasteiger partial charge in [0.05, 0.1) is 18.2 Å². The van der Waals surface area contributed by atoms with Crippen molar-refractivity contribution in [2.24, 2.45) is 0 Å². The molecule has 0 unspecified atom stereocenters. The van der Waals surface area contributed by atoms with Gasteiger partial charge in [-0.15, -0.1) is 0 Å². The maximum absolute atomic E-state index is 12.7. The zero-order valence-corrected chi connectivity index (χ0v) is 17.0. The molecule has 0 saturated carbocycles. The van der Waals surface area contributed by atoms with E-state index in [0.29, 0.717) is 34.7 Å². The lowest BCUT2D eigenvalue weighted by Crippen LogP contribution is -2.26. The fraction of sp³-hybridized carbons (Fsp3) is 0.278. The number of benzene rings is 2.